The zero-order valence-corrected chi connectivity index (χ0v) is 18.0. The van der Waals surface area contributed by atoms with Gasteiger partial charge in [0.1, 0.15) is 12.4 Å². The number of hydrogen-bond donors (Lipinski definition) is 3. The largest absolute Gasteiger partial charge is 0.493 e. The molecule has 0 atom stereocenters. The fraction of sp³-hybridized carbons (Fsp3) is 0.364. The number of carbonyl (C=O) groups is 1. The van der Waals surface area contributed by atoms with Crippen LogP contribution in [-0.4, -0.2) is 45.8 Å². The molecule has 8 nitrogen and oxygen atoms in total. The predicted molar refractivity (Wildman–Crippen MR) is 119 cm³/mol. The first kappa shape index (κ1) is 22.9. The van der Waals surface area contributed by atoms with Crippen molar-refractivity contribution in [3.05, 3.63) is 48.0 Å². The molecule has 0 bridgehead atoms. The van der Waals surface area contributed by atoms with E-state index in [0.29, 0.717) is 48.6 Å². The quantitative estimate of drug-likeness (QED) is 0.315. The van der Waals surface area contributed by atoms with Crippen LogP contribution >= 0.6 is 0 Å². The highest BCUT2D eigenvalue weighted by Crippen LogP contribution is 2.27. The fourth-order valence-electron chi connectivity index (χ4n) is 2.70. The van der Waals surface area contributed by atoms with E-state index in [1.807, 2.05) is 43.3 Å². The van der Waals surface area contributed by atoms with E-state index in [4.69, 9.17) is 14.2 Å². The summed E-state index contributed by atoms with van der Waals surface area (Å²) in [6.45, 7) is 5.75. The van der Waals surface area contributed by atoms with Gasteiger partial charge in [0.2, 0.25) is 5.91 Å². The number of nitrogens with zero attached hydrogens (tertiary/aromatic N) is 1. The van der Waals surface area contributed by atoms with Gasteiger partial charge in [0, 0.05) is 25.2 Å². The highest BCUT2D eigenvalue weighted by Gasteiger charge is 2.05. The maximum atomic E-state index is 11.2. The number of amides is 1. The molecule has 0 fully saturated rings. The molecule has 0 unspecified atom stereocenters. The lowest BCUT2D eigenvalue weighted by molar-refractivity contribution is -0.114. The summed E-state index contributed by atoms with van der Waals surface area (Å²) in [6.07, 6.45) is 0. The first-order valence-corrected chi connectivity index (χ1v) is 9.79. The first-order valence-electron chi connectivity index (χ1n) is 9.79. The Morgan fingerprint density at radius 3 is 2.53 bits per heavy atom. The number of hydrogen-bond acceptors (Lipinski definition) is 5. The van der Waals surface area contributed by atoms with Crippen LogP contribution in [0.2, 0.25) is 0 Å². The third-order valence-corrected chi connectivity index (χ3v) is 4.03. The fourth-order valence-corrected chi connectivity index (χ4v) is 2.70. The number of anilines is 1. The maximum Gasteiger partial charge on any atom is 0.221 e. The minimum atomic E-state index is -0.116. The summed E-state index contributed by atoms with van der Waals surface area (Å²) >= 11 is 0. The SMILES string of the molecule is CCNC(=NCc1ccc(OC)c(OC)c1)NCCOc1cccc(NC(C)=O)c1. The first-order chi connectivity index (χ1) is 14.5. The van der Waals surface area contributed by atoms with Crippen LogP contribution in [0.3, 0.4) is 0 Å². The Labute approximate surface area is 177 Å². The van der Waals surface area contributed by atoms with Crippen LogP contribution in [0.4, 0.5) is 5.69 Å². The molecule has 2 rings (SSSR count). The predicted octanol–water partition coefficient (Wildman–Crippen LogP) is 2.80. The number of guanidine groups is 1. The number of aliphatic imine (C=N–C) groups is 1. The molecule has 0 saturated carbocycles. The van der Waals surface area contributed by atoms with Gasteiger partial charge in [-0.25, -0.2) is 4.99 Å². The van der Waals surface area contributed by atoms with Gasteiger partial charge in [-0.05, 0) is 36.8 Å². The summed E-state index contributed by atoms with van der Waals surface area (Å²) in [4.78, 5) is 15.8. The Bertz CT molecular complexity index is 855. The summed E-state index contributed by atoms with van der Waals surface area (Å²) in [6, 6.07) is 13.0. The summed E-state index contributed by atoms with van der Waals surface area (Å²) in [5.41, 5.74) is 1.72. The van der Waals surface area contributed by atoms with Crippen molar-refractivity contribution in [2.75, 3.05) is 39.2 Å². The van der Waals surface area contributed by atoms with Gasteiger partial charge in [-0.3, -0.25) is 4.79 Å². The standard InChI is InChI=1S/C22H30N4O4/c1-5-23-22(25-15-17-9-10-20(28-3)21(13-17)29-4)24-11-12-30-19-8-6-7-18(14-19)26-16(2)27/h6-10,13-14H,5,11-12,15H2,1-4H3,(H,26,27)(H2,23,24,25). The molecule has 2 aromatic carbocycles. The normalized spacial score (nSPS) is 10.9. The number of methoxy groups -OCH3 is 2. The molecule has 1 amide bonds. The van der Waals surface area contributed by atoms with E-state index in [2.05, 4.69) is 20.9 Å². The van der Waals surface area contributed by atoms with E-state index in [1.54, 1.807) is 20.3 Å². The molecular formula is C22H30N4O4. The van der Waals surface area contributed by atoms with Gasteiger partial charge >= 0.3 is 0 Å². The molecule has 0 radical (unpaired) electrons. The van der Waals surface area contributed by atoms with Crippen molar-refractivity contribution in [1.29, 1.82) is 0 Å². The average molecular weight is 415 g/mol. The summed E-state index contributed by atoms with van der Waals surface area (Å²) < 4.78 is 16.3. The number of rotatable bonds is 10. The summed E-state index contributed by atoms with van der Waals surface area (Å²) in [5, 5.41) is 9.20. The molecule has 162 valence electrons. The monoisotopic (exact) mass is 414 g/mol. The average Bonchev–Trinajstić information content (AvgIpc) is 2.74. The number of nitrogens with one attached hydrogen (secondary N) is 3. The van der Waals surface area contributed by atoms with Gasteiger partial charge in [-0.15, -0.1) is 0 Å². The van der Waals surface area contributed by atoms with Gasteiger partial charge in [-0.1, -0.05) is 12.1 Å². The lowest BCUT2D eigenvalue weighted by atomic mass is 10.2. The molecule has 0 saturated heterocycles. The van der Waals surface area contributed by atoms with Crippen molar-refractivity contribution < 1.29 is 19.0 Å². The minimum absolute atomic E-state index is 0.116. The highest BCUT2D eigenvalue weighted by molar-refractivity contribution is 5.88. The van der Waals surface area contributed by atoms with Gasteiger partial charge in [-0.2, -0.15) is 0 Å². The number of carbonyl (C=O) groups excluding carboxylic acids is 1. The summed E-state index contributed by atoms with van der Waals surface area (Å²) in [7, 11) is 3.23. The topological polar surface area (TPSA) is 93.2 Å². The van der Waals surface area contributed by atoms with Crippen molar-refractivity contribution in [1.82, 2.24) is 10.6 Å². The van der Waals surface area contributed by atoms with E-state index >= 15 is 0 Å². The van der Waals surface area contributed by atoms with Crippen molar-refractivity contribution in [3.8, 4) is 17.2 Å². The van der Waals surface area contributed by atoms with Gasteiger partial charge < -0.3 is 30.2 Å². The van der Waals surface area contributed by atoms with Gasteiger partial charge in [0.25, 0.3) is 0 Å². The second-order valence-electron chi connectivity index (χ2n) is 6.37. The van der Waals surface area contributed by atoms with Crippen molar-refractivity contribution in [2.45, 2.75) is 20.4 Å². The molecule has 0 spiro atoms. The molecule has 2 aromatic rings. The molecule has 0 aliphatic heterocycles. The van der Waals surface area contributed by atoms with Crippen molar-refractivity contribution in [3.63, 3.8) is 0 Å². The Balaban J connectivity index is 1.87. The molecule has 0 aliphatic carbocycles. The Morgan fingerprint density at radius 1 is 1.03 bits per heavy atom. The smallest absolute Gasteiger partial charge is 0.221 e. The molecule has 0 aliphatic rings. The Hall–Kier alpha value is -3.42. The third-order valence-electron chi connectivity index (χ3n) is 4.03. The second kappa shape index (κ2) is 12.2. The molecular weight excluding hydrogens is 384 g/mol. The minimum Gasteiger partial charge on any atom is -0.493 e. The van der Waals surface area contributed by atoms with Crippen molar-refractivity contribution >= 4 is 17.6 Å². The van der Waals surface area contributed by atoms with Crippen LogP contribution < -0.4 is 30.2 Å². The molecule has 8 heteroatoms. The van der Waals surface area contributed by atoms with Crippen LogP contribution in [0.15, 0.2) is 47.5 Å². The molecule has 30 heavy (non-hydrogen) atoms. The highest BCUT2D eigenvalue weighted by atomic mass is 16.5. The van der Waals surface area contributed by atoms with E-state index in [-0.39, 0.29) is 5.91 Å². The van der Waals surface area contributed by atoms with Crippen LogP contribution in [-0.2, 0) is 11.3 Å². The lowest BCUT2D eigenvalue weighted by Crippen LogP contribution is -2.39. The number of benzene rings is 2. The van der Waals surface area contributed by atoms with Gasteiger partial charge in [0.15, 0.2) is 17.5 Å². The molecule has 3 N–H and O–H groups in total. The van der Waals surface area contributed by atoms with Crippen LogP contribution in [0, 0.1) is 0 Å². The zero-order valence-electron chi connectivity index (χ0n) is 18.0. The molecule has 0 heterocycles. The van der Waals surface area contributed by atoms with Crippen molar-refractivity contribution in [2.24, 2.45) is 4.99 Å². The van der Waals surface area contributed by atoms with Crippen LogP contribution in [0.5, 0.6) is 17.2 Å². The third kappa shape index (κ3) is 7.54. The summed E-state index contributed by atoms with van der Waals surface area (Å²) in [5.74, 6) is 2.64. The molecule has 0 aromatic heterocycles. The van der Waals surface area contributed by atoms with E-state index in [9.17, 15) is 4.79 Å². The van der Waals surface area contributed by atoms with E-state index in [0.717, 1.165) is 12.1 Å². The van der Waals surface area contributed by atoms with E-state index in [1.165, 1.54) is 6.92 Å². The van der Waals surface area contributed by atoms with Gasteiger partial charge in [0.05, 0.1) is 27.3 Å². The van der Waals surface area contributed by atoms with E-state index < -0.39 is 0 Å². The lowest BCUT2D eigenvalue weighted by Gasteiger charge is -2.13. The Morgan fingerprint density at radius 2 is 1.83 bits per heavy atom. The van der Waals surface area contributed by atoms with Crippen LogP contribution in [0.1, 0.15) is 19.4 Å². The maximum absolute atomic E-state index is 11.2. The number of ether oxygens (including phenoxy) is 3. The second-order valence-corrected chi connectivity index (χ2v) is 6.37. The van der Waals surface area contributed by atoms with Crippen LogP contribution in [0.25, 0.3) is 0 Å². The zero-order chi connectivity index (χ0) is 21.8. The Kier molecular flexibility index (Phi) is 9.30.